The first-order chi connectivity index (χ1) is 16.4. The van der Waals surface area contributed by atoms with Crippen LogP contribution < -0.4 is 5.43 Å². The fraction of sp³-hybridized carbons (Fsp3) is 0.154. The van der Waals surface area contributed by atoms with Crippen LogP contribution in [0.4, 0.5) is 0 Å². The van der Waals surface area contributed by atoms with E-state index < -0.39 is 0 Å². The third-order valence-electron chi connectivity index (χ3n) is 5.21. The Kier molecular flexibility index (Phi) is 7.08. The molecule has 0 saturated heterocycles. The molecule has 0 radical (unpaired) electrons. The van der Waals surface area contributed by atoms with Gasteiger partial charge in [0.2, 0.25) is 0 Å². The van der Waals surface area contributed by atoms with Gasteiger partial charge in [-0.1, -0.05) is 71.4 Å². The van der Waals surface area contributed by atoms with E-state index in [0.717, 1.165) is 22.4 Å². The predicted molar refractivity (Wildman–Crippen MR) is 135 cm³/mol. The number of phenols is 1. The zero-order valence-corrected chi connectivity index (χ0v) is 20.0. The summed E-state index contributed by atoms with van der Waals surface area (Å²) >= 11 is 1.28. The Morgan fingerprint density at radius 1 is 0.971 bits per heavy atom. The van der Waals surface area contributed by atoms with Crippen LogP contribution in [0.3, 0.4) is 0 Å². The van der Waals surface area contributed by atoms with E-state index in [-0.39, 0.29) is 17.4 Å². The summed E-state index contributed by atoms with van der Waals surface area (Å²) < 4.78 is 1.96. The Morgan fingerprint density at radius 2 is 1.62 bits per heavy atom. The Morgan fingerprint density at radius 3 is 2.29 bits per heavy atom. The summed E-state index contributed by atoms with van der Waals surface area (Å²) in [4.78, 5) is 12.5. The Labute approximate surface area is 202 Å². The maximum atomic E-state index is 12.5. The monoisotopic (exact) mass is 471 g/mol. The van der Waals surface area contributed by atoms with Crippen LogP contribution in [0.5, 0.6) is 5.75 Å². The van der Waals surface area contributed by atoms with E-state index >= 15 is 0 Å². The summed E-state index contributed by atoms with van der Waals surface area (Å²) in [7, 11) is 0. The average Bonchev–Trinajstić information content (AvgIpc) is 3.26. The van der Waals surface area contributed by atoms with Crippen LogP contribution in [0, 0.1) is 13.8 Å². The van der Waals surface area contributed by atoms with Gasteiger partial charge in [-0.15, -0.1) is 10.2 Å². The first kappa shape index (κ1) is 23.3. The van der Waals surface area contributed by atoms with Crippen LogP contribution in [-0.4, -0.2) is 37.2 Å². The number of thioether (sulfide) groups is 1. The second-order valence-electron chi connectivity index (χ2n) is 7.88. The van der Waals surface area contributed by atoms with Gasteiger partial charge in [0, 0.05) is 16.8 Å². The summed E-state index contributed by atoms with van der Waals surface area (Å²) in [6, 6.07) is 23.1. The van der Waals surface area contributed by atoms with Gasteiger partial charge in [0.25, 0.3) is 5.91 Å². The quantitative estimate of drug-likeness (QED) is 0.227. The number of phenolic OH excluding ortho intramolecular Hbond substituents is 1. The third kappa shape index (κ3) is 5.35. The molecule has 0 aliphatic rings. The van der Waals surface area contributed by atoms with Crippen LogP contribution in [0.15, 0.2) is 83.1 Å². The Bertz CT molecular complexity index is 1330. The molecule has 4 aromatic rings. The van der Waals surface area contributed by atoms with Crippen molar-refractivity contribution in [2.45, 2.75) is 25.9 Å². The molecule has 2 N–H and O–H groups in total. The molecule has 7 nitrogen and oxygen atoms in total. The summed E-state index contributed by atoms with van der Waals surface area (Å²) in [6.45, 7) is 5.80. The lowest BCUT2D eigenvalue weighted by atomic mass is 10.1. The number of para-hydroxylation sites is 1. The SMILES string of the molecule is C/C(=N\NC(=O)CSc1nnc(-c2ccc(C)cc2)n1-c1ccc(C)cc1)c1ccccc1O. The molecule has 8 heteroatoms. The number of nitrogens with zero attached hydrogens (tertiary/aromatic N) is 4. The second kappa shape index (κ2) is 10.4. The number of rotatable bonds is 7. The van der Waals surface area contributed by atoms with Crippen LogP contribution >= 0.6 is 11.8 Å². The third-order valence-corrected chi connectivity index (χ3v) is 6.14. The van der Waals surface area contributed by atoms with Crippen molar-refractivity contribution in [3.05, 3.63) is 89.5 Å². The predicted octanol–water partition coefficient (Wildman–Crippen LogP) is 4.89. The molecule has 1 aromatic heterocycles. The number of carbonyl (C=O) groups is 1. The van der Waals surface area contributed by atoms with E-state index in [1.165, 1.54) is 11.8 Å². The molecular formula is C26H25N5O2S. The number of hydrazone groups is 1. The van der Waals surface area contributed by atoms with E-state index in [2.05, 4.69) is 20.7 Å². The highest BCUT2D eigenvalue weighted by molar-refractivity contribution is 7.99. The second-order valence-corrected chi connectivity index (χ2v) is 8.82. The summed E-state index contributed by atoms with van der Waals surface area (Å²) in [5, 5.41) is 23.5. The summed E-state index contributed by atoms with van der Waals surface area (Å²) in [5.41, 5.74) is 7.81. The minimum absolute atomic E-state index is 0.107. The molecule has 1 amide bonds. The van der Waals surface area contributed by atoms with Gasteiger partial charge < -0.3 is 5.11 Å². The van der Waals surface area contributed by atoms with E-state index in [1.54, 1.807) is 31.2 Å². The lowest BCUT2D eigenvalue weighted by molar-refractivity contribution is -0.118. The van der Waals surface area contributed by atoms with Crippen molar-refractivity contribution in [1.29, 1.82) is 0 Å². The van der Waals surface area contributed by atoms with Crippen molar-refractivity contribution < 1.29 is 9.90 Å². The minimum Gasteiger partial charge on any atom is -0.507 e. The number of benzene rings is 3. The Hall–Kier alpha value is -3.91. The maximum absolute atomic E-state index is 12.5. The van der Waals surface area contributed by atoms with Crippen LogP contribution in [0.25, 0.3) is 17.1 Å². The number of aryl methyl sites for hydroxylation is 2. The number of aromatic nitrogens is 3. The molecule has 0 spiro atoms. The Balaban J connectivity index is 1.54. The highest BCUT2D eigenvalue weighted by Crippen LogP contribution is 2.28. The van der Waals surface area contributed by atoms with Gasteiger partial charge in [0.05, 0.1) is 11.5 Å². The van der Waals surface area contributed by atoms with Gasteiger partial charge in [0.1, 0.15) is 5.75 Å². The average molecular weight is 472 g/mol. The van der Waals surface area contributed by atoms with Crippen molar-refractivity contribution in [2.24, 2.45) is 5.10 Å². The number of amides is 1. The number of carbonyl (C=O) groups excluding carboxylic acids is 1. The number of hydrogen-bond acceptors (Lipinski definition) is 6. The first-order valence-electron chi connectivity index (χ1n) is 10.8. The van der Waals surface area contributed by atoms with E-state index in [1.807, 2.05) is 66.9 Å². The molecule has 172 valence electrons. The molecule has 0 fully saturated rings. The van der Waals surface area contributed by atoms with E-state index in [0.29, 0.717) is 22.3 Å². The summed E-state index contributed by atoms with van der Waals surface area (Å²) in [5.74, 6) is 0.646. The normalized spacial score (nSPS) is 11.4. The molecule has 0 saturated carbocycles. The van der Waals surface area contributed by atoms with Gasteiger partial charge in [-0.2, -0.15) is 5.10 Å². The van der Waals surface area contributed by atoms with E-state index in [9.17, 15) is 9.90 Å². The molecule has 0 atom stereocenters. The van der Waals surface area contributed by atoms with Crippen molar-refractivity contribution in [3.63, 3.8) is 0 Å². The van der Waals surface area contributed by atoms with Crippen molar-refractivity contribution in [2.75, 3.05) is 5.75 Å². The zero-order chi connectivity index (χ0) is 24.1. The van der Waals surface area contributed by atoms with Crippen LogP contribution in [0.2, 0.25) is 0 Å². The topological polar surface area (TPSA) is 92.4 Å². The molecule has 0 bridgehead atoms. The molecular weight excluding hydrogens is 446 g/mol. The maximum Gasteiger partial charge on any atom is 0.250 e. The largest absolute Gasteiger partial charge is 0.507 e. The van der Waals surface area contributed by atoms with E-state index in [4.69, 9.17) is 0 Å². The van der Waals surface area contributed by atoms with Crippen molar-refractivity contribution in [3.8, 4) is 22.8 Å². The zero-order valence-electron chi connectivity index (χ0n) is 19.2. The smallest absolute Gasteiger partial charge is 0.250 e. The van der Waals surface area contributed by atoms with Gasteiger partial charge in [-0.05, 0) is 45.0 Å². The van der Waals surface area contributed by atoms with Crippen molar-refractivity contribution in [1.82, 2.24) is 20.2 Å². The molecule has 1 heterocycles. The van der Waals surface area contributed by atoms with Gasteiger partial charge in [-0.3, -0.25) is 9.36 Å². The van der Waals surface area contributed by atoms with Gasteiger partial charge >= 0.3 is 0 Å². The number of nitrogens with one attached hydrogen (secondary N) is 1. The lowest BCUT2D eigenvalue weighted by Crippen LogP contribution is -2.21. The highest BCUT2D eigenvalue weighted by atomic mass is 32.2. The number of hydrogen-bond donors (Lipinski definition) is 2. The first-order valence-corrected chi connectivity index (χ1v) is 11.7. The molecule has 0 aliphatic carbocycles. The fourth-order valence-corrected chi connectivity index (χ4v) is 4.07. The molecule has 3 aromatic carbocycles. The fourth-order valence-electron chi connectivity index (χ4n) is 3.33. The molecule has 0 unspecified atom stereocenters. The molecule has 0 aliphatic heterocycles. The van der Waals surface area contributed by atoms with Crippen molar-refractivity contribution >= 4 is 23.4 Å². The lowest BCUT2D eigenvalue weighted by Gasteiger charge is -2.11. The minimum atomic E-state index is -0.282. The summed E-state index contributed by atoms with van der Waals surface area (Å²) in [6.07, 6.45) is 0. The van der Waals surface area contributed by atoms with Gasteiger partial charge in [-0.25, -0.2) is 5.43 Å². The molecule has 34 heavy (non-hydrogen) atoms. The van der Waals surface area contributed by atoms with Crippen LogP contribution in [0.1, 0.15) is 23.6 Å². The van der Waals surface area contributed by atoms with Gasteiger partial charge in [0.15, 0.2) is 11.0 Å². The number of aromatic hydroxyl groups is 1. The highest BCUT2D eigenvalue weighted by Gasteiger charge is 2.17. The standard InChI is InChI=1S/C26H25N5O2S/c1-17-8-12-20(13-9-17)25-29-30-26(31(25)21-14-10-18(2)11-15-21)34-16-24(33)28-27-19(3)22-6-4-5-7-23(22)32/h4-15,32H,16H2,1-3H3,(H,28,33)/b27-19+. The molecule has 4 rings (SSSR count). The van der Waals surface area contributed by atoms with Crippen LogP contribution in [-0.2, 0) is 4.79 Å².